The zero-order chi connectivity index (χ0) is 14.5. The number of benzene rings is 1. The molecule has 104 valence electrons. The Morgan fingerprint density at radius 2 is 2.16 bits per heavy atom. The van der Waals surface area contributed by atoms with Crippen LogP contribution in [0.25, 0.3) is 0 Å². The maximum absolute atomic E-state index is 11.8. The first-order valence-corrected chi connectivity index (χ1v) is 8.36. The van der Waals surface area contributed by atoms with Crippen LogP contribution in [0.3, 0.4) is 0 Å². The van der Waals surface area contributed by atoms with Crippen LogP contribution < -0.4 is 10.5 Å². The summed E-state index contributed by atoms with van der Waals surface area (Å²) in [7, 11) is -3.38. The van der Waals surface area contributed by atoms with Crippen molar-refractivity contribution in [2.24, 2.45) is 0 Å². The summed E-state index contributed by atoms with van der Waals surface area (Å²) >= 11 is 1.44. The molecule has 19 heavy (non-hydrogen) atoms. The van der Waals surface area contributed by atoms with Crippen LogP contribution in [-0.4, -0.2) is 25.5 Å². The largest absolute Gasteiger partial charge is 0.399 e. The van der Waals surface area contributed by atoms with Crippen molar-refractivity contribution >= 4 is 27.5 Å². The van der Waals surface area contributed by atoms with E-state index in [1.54, 1.807) is 19.9 Å². The molecule has 0 aliphatic carbocycles. The van der Waals surface area contributed by atoms with Gasteiger partial charge >= 0.3 is 0 Å². The van der Waals surface area contributed by atoms with E-state index in [-0.39, 0.29) is 5.75 Å². The third kappa shape index (κ3) is 6.01. The third-order valence-corrected chi connectivity index (χ3v) is 5.07. The van der Waals surface area contributed by atoms with Gasteiger partial charge in [0.2, 0.25) is 10.0 Å². The lowest BCUT2D eigenvalue weighted by Crippen LogP contribution is -2.43. The minimum Gasteiger partial charge on any atom is -0.399 e. The second-order valence-electron chi connectivity index (χ2n) is 4.61. The van der Waals surface area contributed by atoms with Gasteiger partial charge in [0.15, 0.2) is 0 Å². The molecule has 1 rings (SSSR count). The van der Waals surface area contributed by atoms with E-state index in [1.165, 1.54) is 11.8 Å². The van der Waals surface area contributed by atoms with Crippen LogP contribution in [0.2, 0.25) is 0 Å². The number of anilines is 1. The first-order chi connectivity index (χ1) is 8.74. The Morgan fingerprint density at radius 1 is 1.47 bits per heavy atom. The maximum atomic E-state index is 11.8. The summed E-state index contributed by atoms with van der Waals surface area (Å²) in [4.78, 5) is 0.950. The van der Waals surface area contributed by atoms with Gasteiger partial charge in [0.05, 0.1) is 11.3 Å². The summed E-state index contributed by atoms with van der Waals surface area (Å²) in [5, 5.41) is 0. The lowest BCUT2D eigenvalue weighted by atomic mass is 10.1. The number of hydrogen-bond donors (Lipinski definition) is 2. The topological polar surface area (TPSA) is 72.2 Å². The molecule has 6 heteroatoms. The highest BCUT2D eigenvalue weighted by molar-refractivity contribution is 8.00. The third-order valence-electron chi connectivity index (χ3n) is 2.25. The number of sulfonamides is 1. The number of hydrogen-bond acceptors (Lipinski definition) is 4. The van der Waals surface area contributed by atoms with Crippen molar-refractivity contribution in [2.75, 3.05) is 17.2 Å². The Balaban J connectivity index is 2.51. The molecule has 0 aliphatic heterocycles. The van der Waals surface area contributed by atoms with Gasteiger partial charge in [0.1, 0.15) is 0 Å². The molecule has 0 heterocycles. The smallest absolute Gasteiger partial charge is 0.213 e. The highest BCUT2D eigenvalue weighted by Crippen LogP contribution is 2.20. The molecule has 0 aliphatic rings. The van der Waals surface area contributed by atoms with E-state index in [4.69, 9.17) is 12.2 Å². The summed E-state index contributed by atoms with van der Waals surface area (Å²) in [6.45, 7) is 3.30. The average molecular weight is 298 g/mol. The van der Waals surface area contributed by atoms with Crippen molar-refractivity contribution in [3.63, 3.8) is 0 Å². The highest BCUT2D eigenvalue weighted by atomic mass is 32.2. The van der Waals surface area contributed by atoms with Crippen molar-refractivity contribution < 1.29 is 8.42 Å². The van der Waals surface area contributed by atoms with Crippen LogP contribution in [0, 0.1) is 12.3 Å². The van der Waals surface area contributed by atoms with Gasteiger partial charge in [-0.1, -0.05) is 12.0 Å². The molecule has 0 aromatic heterocycles. The number of nitrogens with one attached hydrogen (secondary N) is 1. The van der Waals surface area contributed by atoms with E-state index >= 15 is 0 Å². The molecule has 0 bridgehead atoms. The minimum atomic E-state index is -3.38. The molecule has 4 nitrogen and oxygen atoms in total. The Kier molecular flexibility index (Phi) is 5.29. The predicted molar refractivity (Wildman–Crippen MR) is 81.4 cm³/mol. The summed E-state index contributed by atoms with van der Waals surface area (Å²) in [6.07, 6.45) is 5.25. The molecule has 0 fully saturated rings. The Bertz CT molecular complexity index is 575. The second-order valence-corrected chi connectivity index (χ2v) is 7.62. The van der Waals surface area contributed by atoms with Gasteiger partial charge in [-0.25, -0.2) is 8.42 Å². The molecular weight excluding hydrogens is 280 g/mol. The molecule has 0 spiro atoms. The van der Waals surface area contributed by atoms with Crippen LogP contribution in [-0.2, 0) is 10.0 Å². The first-order valence-electron chi connectivity index (χ1n) is 5.72. The minimum absolute atomic E-state index is 0.0115. The van der Waals surface area contributed by atoms with E-state index in [2.05, 4.69) is 10.6 Å². The fraction of sp³-hybridized carbons (Fsp3) is 0.385. The van der Waals surface area contributed by atoms with E-state index in [9.17, 15) is 8.42 Å². The van der Waals surface area contributed by atoms with Crippen molar-refractivity contribution in [1.82, 2.24) is 4.72 Å². The van der Waals surface area contributed by atoms with Crippen molar-refractivity contribution in [2.45, 2.75) is 24.3 Å². The average Bonchev–Trinajstić information content (AvgIpc) is 2.27. The van der Waals surface area contributed by atoms with Gasteiger partial charge in [-0.15, -0.1) is 18.2 Å². The van der Waals surface area contributed by atoms with Crippen LogP contribution >= 0.6 is 11.8 Å². The molecule has 0 saturated heterocycles. The molecular formula is C13H18N2O2S2. The fourth-order valence-electron chi connectivity index (χ4n) is 1.34. The monoisotopic (exact) mass is 298 g/mol. The lowest BCUT2D eigenvalue weighted by molar-refractivity contribution is 0.540. The second kappa shape index (κ2) is 6.33. The van der Waals surface area contributed by atoms with Gasteiger partial charge in [-0.05, 0) is 32.0 Å². The zero-order valence-electron chi connectivity index (χ0n) is 11.0. The van der Waals surface area contributed by atoms with Crippen molar-refractivity contribution in [1.29, 1.82) is 0 Å². The van der Waals surface area contributed by atoms with Gasteiger partial charge in [-0.3, -0.25) is 0 Å². The molecule has 0 unspecified atom stereocenters. The molecule has 1 aromatic rings. The van der Waals surface area contributed by atoms with Crippen molar-refractivity contribution in [3.8, 4) is 12.3 Å². The van der Waals surface area contributed by atoms with E-state index in [1.807, 2.05) is 18.2 Å². The van der Waals surface area contributed by atoms with Gasteiger partial charge < -0.3 is 5.73 Å². The van der Waals surface area contributed by atoms with E-state index in [0.29, 0.717) is 11.4 Å². The lowest BCUT2D eigenvalue weighted by Gasteiger charge is -2.19. The van der Waals surface area contributed by atoms with Crippen LogP contribution in [0.4, 0.5) is 5.69 Å². The molecule has 3 N–H and O–H groups in total. The Labute approximate surface area is 119 Å². The molecule has 0 saturated carbocycles. The zero-order valence-corrected chi connectivity index (χ0v) is 12.6. The molecule has 0 amide bonds. The maximum Gasteiger partial charge on any atom is 0.213 e. The van der Waals surface area contributed by atoms with Gasteiger partial charge in [-0.2, -0.15) is 4.72 Å². The Morgan fingerprint density at radius 3 is 2.74 bits per heavy atom. The normalized spacial score (nSPS) is 12.1. The Hall–Kier alpha value is -1.16. The summed E-state index contributed by atoms with van der Waals surface area (Å²) in [5.41, 5.74) is 5.46. The number of rotatable bonds is 6. The molecule has 0 radical (unpaired) electrons. The van der Waals surface area contributed by atoms with E-state index < -0.39 is 15.6 Å². The van der Waals surface area contributed by atoms with Gasteiger partial charge in [0, 0.05) is 16.3 Å². The van der Waals surface area contributed by atoms with E-state index in [0.717, 1.165) is 4.90 Å². The first kappa shape index (κ1) is 15.9. The number of terminal acetylenes is 1. The standard InChI is InChI=1S/C13H18N2O2S2/c1-4-13(2,3)15-19(16,17)9-8-18-12-7-5-6-11(14)10-12/h1,5-7,10,15H,8-9,14H2,2-3H3. The summed E-state index contributed by atoms with van der Waals surface area (Å²) in [6, 6.07) is 7.34. The molecule has 1 aromatic carbocycles. The van der Waals surface area contributed by atoms with Crippen LogP contribution in [0.1, 0.15) is 13.8 Å². The van der Waals surface area contributed by atoms with Crippen molar-refractivity contribution in [3.05, 3.63) is 24.3 Å². The predicted octanol–water partition coefficient (Wildman–Crippen LogP) is 1.69. The number of nitrogen functional groups attached to an aromatic ring is 1. The van der Waals surface area contributed by atoms with Gasteiger partial charge in [0.25, 0.3) is 0 Å². The SMILES string of the molecule is C#CC(C)(C)NS(=O)(=O)CCSc1cccc(N)c1. The fourth-order valence-corrected chi connectivity index (χ4v) is 4.12. The summed E-state index contributed by atoms with van der Waals surface area (Å²) in [5.74, 6) is 2.85. The number of nitrogens with two attached hydrogens (primary N) is 1. The number of thioether (sulfide) groups is 1. The van der Waals surface area contributed by atoms with Crippen LogP contribution in [0.15, 0.2) is 29.2 Å². The highest BCUT2D eigenvalue weighted by Gasteiger charge is 2.21. The molecule has 0 atom stereocenters. The quantitative estimate of drug-likeness (QED) is 0.476. The van der Waals surface area contributed by atoms with Crippen LogP contribution in [0.5, 0.6) is 0 Å². The summed E-state index contributed by atoms with van der Waals surface area (Å²) < 4.78 is 26.1.